The minimum atomic E-state index is -3.59. The molecule has 0 radical (unpaired) electrons. The monoisotopic (exact) mass is 331 g/mol. The number of unbranched alkanes of at least 4 members (excludes halogenated alkanes) is 5. The van der Waals surface area contributed by atoms with Gasteiger partial charge in [-0.25, -0.2) is 13.6 Å². The first-order valence-electron chi connectivity index (χ1n) is 8.04. The van der Waals surface area contributed by atoms with Crippen LogP contribution < -0.4 is 5.14 Å². The molecule has 0 fully saturated rings. The standard InChI is InChI=1S/C16H29NO2S2/c1-4-6-7-8-9-10-11-14-15(13(3)5-2)12-20-16(14)21(17,18)19/h12-13H,4-11H2,1-3H3,(H2,17,18,19). The van der Waals surface area contributed by atoms with Crippen LogP contribution in [0.15, 0.2) is 9.59 Å². The van der Waals surface area contributed by atoms with Gasteiger partial charge < -0.3 is 0 Å². The van der Waals surface area contributed by atoms with Crippen molar-refractivity contribution in [2.45, 2.75) is 82.3 Å². The Hall–Kier alpha value is -0.390. The average molecular weight is 332 g/mol. The van der Waals surface area contributed by atoms with Gasteiger partial charge in [0.25, 0.3) is 0 Å². The molecular formula is C16H29NO2S2. The van der Waals surface area contributed by atoms with Gasteiger partial charge in [0.05, 0.1) is 0 Å². The lowest BCUT2D eigenvalue weighted by Crippen LogP contribution is -2.13. The Morgan fingerprint density at radius 3 is 2.33 bits per heavy atom. The van der Waals surface area contributed by atoms with Gasteiger partial charge in [0.2, 0.25) is 10.0 Å². The topological polar surface area (TPSA) is 60.2 Å². The van der Waals surface area contributed by atoms with E-state index >= 15 is 0 Å². The highest BCUT2D eigenvalue weighted by molar-refractivity contribution is 7.91. The maximum Gasteiger partial charge on any atom is 0.247 e. The first kappa shape index (κ1) is 18.7. The zero-order valence-corrected chi connectivity index (χ0v) is 15.2. The molecule has 0 amide bonds. The minimum absolute atomic E-state index is 0.381. The highest BCUT2D eigenvalue weighted by Gasteiger charge is 2.21. The molecule has 3 nitrogen and oxygen atoms in total. The summed E-state index contributed by atoms with van der Waals surface area (Å²) in [6.45, 7) is 6.50. The van der Waals surface area contributed by atoms with Crippen LogP contribution in [0, 0.1) is 0 Å². The van der Waals surface area contributed by atoms with E-state index in [0.29, 0.717) is 10.1 Å². The van der Waals surface area contributed by atoms with Crippen molar-refractivity contribution in [3.63, 3.8) is 0 Å². The summed E-state index contributed by atoms with van der Waals surface area (Å²) >= 11 is 1.29. The SMILES string of the molecule is CCCCCCCCc1c(C(C)CC)csc1S(N)(=O)=O. The maximum atomic E-state index is 11.7. The molecular weight excluding hydrogens is 302 g/mol. The molecule has 1 rings (SSSR count). The molecule has 0 saturated carbocycles. The van der Waals surface area contributed by atoms with E-state index in [1.165, 1.54) is 49.0 Å². The number of nitrogens with two attached hydrogens (primary N) is 1. The minimum Gasteiger partial charge on any atom is -0.224 e. The summed E-state index contributed by atoms with van der Waals surface area (Å²) < 4.78 is 23.9. The van der Waals surface area contributed by atoms with Gasteiger partial charge in [-0.1, -0.05) is 52.9 Å². The summed E-state index contributed by atoms with van der Waals surface area (Å²) in [6, 6.07) is 0. The van der Waals surface area contributed by atoms with Crippen LogP contribution in [0.25, 0.3) is 0 Å². The number of rotatable bonds is 10. The molecule has 0 aliphatic heterocycles. The van der Waals surface area contributed by atoms with E-state index in [4.69, 9.17) is 5.14 Å². The zero-order chi connectivity index (χ0) is 15.9. The summed E-state index contributed by atoms with van der Waals surface area (Å²) in [7, 11) is -3.59. The molecule has 0 spiro atoms. The number of hydrogen-bond donors (Lipinski definition) is 1. The summed E-state index contributed by atoms with van der Waals surface area (Å²) in [5, 5.41) is 7.35. The molecule has 1 aromatic heterocycles. The lowest BCUT2D eigenvalue weighted by Gasteiger charge is -2.11. The summed E-state index contributed by atoms with van der Waals surface area (Å²) in [5.74, 6) is 0.395. The van der Waals surface area contributed by atoms with Gasteiger partial charge in [-0.3, -0.25) is 0 Å². The Bertz CT molecular complexity index is 520. The third-order valence-electron chi connectivity index (χ3n) is 4.07. The van der Waals surface area contributed by atoms with E-state index in [1.54, 1.807) is 0 Å². The lowest BCUT2D eigenvalue weighted by atomic mass is 9.95. The van der Waals surface area contributed by atoms with Crippen LogP contribution in [0.5, 0.6) is 0 Å². The number of sulfonamides is 1. The third-order valence-corrected chi connectivity index (χ3v) is 6.65. The van der Waals surface area contributed by atoms with Crippen LogP contribution in [0.1, 0.15) is 82.8 Å². The highest BCUT2D eigenvalue weighted by Crippen LogP contribution is 2.34. The van der Waals surface area contributed by atoms with Gasteiger partial charge in [-0.05, 0) is 41.7 Å². The van der Waals surface area contributed by atoms with Crippen LogP contribution in [-0.4, -0.2) is 8.42 Å². The second-order valence-electron chi connectivity index (χ2n) is 5.83. The van der Waals surface area contributed by atoms with E-state index in [-0.39, 0.29) is 0 Å². The number of primary sulfonamides is 1. The summed E-state index contributed by atoms with van der Waals surface area (Å²) in [6.07, 6.45) is 9.12. The second-order valence-corrected chi connectivity index (χ2v) is 8.47. The average Bonchev–Trinajstić information content (AvgIpc) is 2.85. The van der Waals surface area contributed by atoms with Gasteiger partial charge in [-0.15, -0.1) is 11.3 Å². The van der Waals surface area contributed by atoms with Crippen molar-refractivity contribution in [3.8, 4) is 0 Å². The van der Waals surface area contributed by atoms with Crippen LogP contribution >= 0.6 is 11.3 Å². The molecule has 1 heterocycles. The molecule has 1 unspecified atom stereocenters. The predicted octanol–water partition coefficient (Wildman–Crippen LogP) is 4.81. The van der Waals surface area contributed by atoms with Crippen LogP contribution in [0.4, 0.5) is 0 Å². The van der Waals surface area contributed by atoms with Crippen molar-refractivity contribution < 1.29 is 8.42 Å². The number of thiophene rings is 1. The van der Waals surface area contributed by atoms with E-state index in [2.05, 4.69) is 20.8 Å². The van der Waals surface area contributed by atoms with Crippen LogP contribution in [0.3, 0.4) is 0 Å². The van der Waals surface area contributed by atoms with Gasteiger partial charge >= 0.3 is 0 Å². The molecule has 0 bridgehead atoms. The predicted molar refractivity (Wildman–Crippen MR) is 91.5 cm³/mol. The Morgan fingerprint density at radius 1 is 1.14 bits per heavy atom. The van der Waals surface area contributed by atoms with Crippen molar-refractivity contribution in [3.05, 3.63) is 16.5 Å². The van der Waals surface area contributed by atoms with Crippen molar-refractivity contribution in [1.29, 1.82) is 0 Å². The zero-order valence-electron chi connectivity index (χ0n) is 13.5. The Kier molecular flexibility index (Phi) is 7.92. The van der Waals surface area contributed by atoms with Crippen molar-refractivity contribution in [1.82, 2.24) is 0 Å². The lowest BCUT2D eigenvalue weighted by molar-refractivity contribution is 0.592. The molecule has 0 aliphatic rings. The molecule has 0 saturated heterocycles. The highest BCUT2D eigenvalue weighted by atomic mass is 32.2. The Labute approximate surface area is 134 Å². The fourth-order valence-electron chi connectivity index (χ4n) is 2.58. The van der Waals surface area contributed by atoms with E-state index in [9.17, 15) is 8.42 Å². The van der Waals surface area contributed by atoms with Gasteiger partial charge in [-0.2, -0.15) is 0 Å². The summed E-state index contributed by atoms with van der Waals surface area (Å²) in [4.78, 5) is 0. The molecule has 0 aliphatic carbocycles. The second kappa shape index (κ2) is 8.91. The van der Waals surface area contributed by atoms with Crippen molar-refractivity contribution >= 4 is 21.4 Å². The molecule has 2 N–H and O–H groups in total. The summed E-state index contributed by atoms with van der Waals surface area (Å²) in [5.41, 5.74) is 2.16. The van der Waals surface area contributed by atoms with E-state index < -0.39 is 10.0 Å². The molecule has 21 heavy (non-hydrogen) atoms. The van der Waals surface area contributed by atoms with Gasteiger partial charge in [0.15, 0.2) is 0 Å². The molecule has 122 valence electrons. The molecule has 1 atom stereocenters. The molecule has 1 aromatic rings. The quantitative estimate of drug-likeness (QED) is 0.625. The van der Waals surface area contributed by atoms with Crippen LogP contribution in [-0.2, 0) is 16.4 Å². The van der Waals surface area contributed by atoms with Gasteiger partial charge in [0, 0.05) is 0 Å². The third kappa shape index (κ3) is 5.72. The van der Waals surface area contributed by atoms with Crippen LogP contribution in [0.2, 0.25) is 0 Å². The first-order valence-corrected chi connectivity index (χ1v) is 10.5. The van der Waals surface area contributed by atoms with E-state index in [0.717, 1.165) is 24.8 Å². The fourth-order valence-corrected chi connectivity index (χ4v) is 4.79. The largest absolute Gasteiger partial charge is 0.247 e. The van der Waals surface area contributed by atoms with E-state index in [1.807, 2.05) is 5.38 Å². The van der Waals surface area contributed by atoms with Gasteiger partial charge in [0.1, 0.15) is 4.21 Å². The fraction of sp³-hybridized carbons (Fsp3) is 0.750. The van der Waals surface area contributed by atoms with Crippen molar-refractivity contribution in [2.75, 3.05) is 0 Å². The molecule has 5 heteroatoms. The maximum absolute atomic E-state index is 11.7. The first-order chi connectivity index (χ1) is 9.91. The van der Waals surface area contributed by atoms with Crippen molar-refractivity contribution in [2.24, 2.45) is 5.14 Å². The number of hydrogen-bond acceptors (Lipinski definition) is 3. The Balaban J connectivity index is 2.75. The molecule has 0 aromatic carbocycles. The smallest absolute Gasteiger partial charge is 0.224 e. The normalized spacial score (nSPS) is 13.5. The Morgan fingerprint density at radius 2 is 1.76 bits per heavy atom.